The second kappa shape index (κ2) is 10.8. The molecule has 0 amide bonds. The Kier molecular flexibility index (Phi) is 9.06. The molecule has 0 heterocycles. The molecule has 0 aliphatic rings. The zero-order chi connectivity index (χ0) is 17.9. The van der Waals surface area contributed by atoms with E-state index in [1.54, 1.807) is 6.07 Å². The van der Waals surface area contributed by atoms with Crippen LogP contribution >= 0.6 is 0 Å². The fourth-order valence-electron chi connectivity index (χ4n) is 2.96. The predicted octanol–water partition coefficient (Wildman–Crippen LogP) is 5.70. The van der Waals surface area contributed by atoms with Crippen LogP contribution < -0.4 is 0 Å². The summed E-state index contributed by atoms with van der Waals surface area (Å²) in [6.07, 6.45) is 9.19. The third kappa shape index (κ3) is 6.31. The van der Waals surface area contributed by atoms with E-state index < -0.39 is 0 Å². The lowest BCUT2D eigenvalue weighted by Gasteiger charge is -2.23. The number of halogens is 1. The van der Waals surface area contributed by atoms with E-state index in [-0.39, 0.29) is 5.82 Å². The summed E-state index contributed by atoms with van der Waals surface area (Å²) >= 11 is 0. The Balaban J connectivity index is 2.87. The molecule has 0 N–H and O–H groups in total. The summed E-state index contributed by atoms with van der Waals surface area (Å²) < 4.78 is 14.0. The molecule has 1 aromatic rings. The number of rotatable bonds is 11. The highest BCUT2D eigenvalue weighted by atomic mass is 19.1. The SMILES string of the molecule is C=CCCC(CCC)CN(C)/C=C(\N=C)c1ccc(CC)c(F)c1. The van der Waals surface area contributed by atoms with Crippen LogP contribution in [-0.2, 0) is 6.42 Å². The Labute approximate surface area is 146 Å². The maximum atomic E-state index is 14.0. The van der Waals surface area contributed by atoms with Crippen LogP contribution in [-0.4, -0.2) is 25.2 Å². The van der Waals surface area contributed by atoms with E-state index in [0.717, 1.165) is 30.5 Å². The summed E-state index contributed by atoms with van der Waals surface area (Å²) in [7, 11) is 2.04. The van der Waals surface area contributed by atoms with Gasteiger partial charge in [0, 0.05) is 25.4 Å². The van der Waals surface area contributed by atoms with Crippen molar-refractivity contribution in [2.75, 3.05) is 13.6 Å². The lowest BCUT2D eigenvalue weighted by atomic mass is 9.97. The van der Waals surface area contributed by atoms with E-state index >= 15 is 0 Å². The fourth-order valence-corrected chi connectivity index (χ4v) is 2.96. The minimum absolute atomic E-state index is 0.179. The Morgan fingerprint density at radius 3 is 2.62 bits per heavy atom. The third-order valence-corrected chi connectivity index (χ3v) is 4.26. The second-order valence-corrected chi connectivity index (χ2v) is 6.29. The minimum Gasteiger partial charge on any atom is -0.378 e. The molecular weight excluding hydrogens is 299 g/mol. The topological polar surface area (TPSA) is 15.6 Å². The van der Waals surface area contributed by atoms with Crippen LogP contribution in [0.4, 0.5) is 4.39 Å². The molecule has 1 rings (SSSR count). The Hall–Kier alpha value is -1.90. The van der Waals surface area contributed by atoms with Crippen LogP contribution in [0.1, 0.15) is 50.7 Å². The highest BCUT2D eigenvalue weighted by Crippen LogP contribution is 2.21. The maximum Gasteiger partial charge on any atom is 0.127 e. The van der Waals surface area contributed by atoms with Crippen LogP contribution in [0.15, 0.2) is 42.0 Å². The van der Waals surface area contributed by atoms with E-state index in [1.165, 1.54) is 12.8 Å². The molecule has 0 bridgehead atoms. The normalized spacial score (nSPS) is 12.8. The minimum atomic E-state index is -0.179. The van der Waals surface area contributed by atoms with Crippen LogP contribution in [0.2, 0.25) is 0 Å². The van der Waals surface area contributed by atoms with Gasteiger partial charge in [-0.2, -0.15) is 0 Å². The van der Waals surface area contributed by atoms with Crippen molar-refractivity contribution in [3.8, 4) is 0 Å². The number of aliphatic imine (C=N–C) groups is 1. The number of aryl methyl sites for hydroxylation is 1. The third-order valence-electron chi connectivity index (χ3n) is 4.26. The summed E-state index contributed by atoms with van der Waals surface area (Å²) in [6.45, 7) is 12.6. The maximum absolute atomic E-state index is 14.0. The molecule has 0 radical (unpaired) electrons. The van der Waals surface area contributed by atoms with Gasteiger partial charge in [0.05, 0.1) is 5.70 Å². The number of nitrogens with zero attached hydrogens (tertiary/aromatic N) is 2. The highest BCUT2D eigenvalue weighted by molar-refractivity contribution is 5.67. The van der Waals surface area contributed by atoms with Crippen LogP contribution in [0.5, 0.6) is 0 Å². The molecule has 132 valence electrons. The number of hydrogen-bond donors (Lipinski definition) is 0. The number of allylic oxidation sites excluding steroid dienone is 1. The first-order valence-electron chi connectivity index (χ1n) is 8.84. The first kappa shape index (κ1) is 20.1. The van der Waals surface area contributed by atoms with E-state index in [2.05, 4.69) is 30.1 Å². The molecule has 3 heteroatoms. The van der Waals surface area contributed by atoms with Crippen molar-refractivity contribution in [2.45, 2.75) is 46.0 Å². The highest BCUT2D eigenvalue weighted by Gasteiger charge is 2.10. The molecule has 24 heavy (non-hydrogen) atoms. The molecule has 1 aromatic carbocycles. The van der Waals surface area contributed by atoms with Gasteiger partial charge in [-0.25, -0.2) is 4.39 Å². The molecule has 0 aliphatic carbocycles. The van der Waals surface area contributed by atoms with Crippen molar-refractivity contribution in [3.63, 3.8) is 0 Å². The zero-order valence-corrected chi connectivity index (χ0v) is 15.4. The van der Waals surface area contributed by atoms with Gasteiger partial charge in [0.1, 0.15) is 5.82 Å². The van der Waals surface area contributed by atoms with Crippen LogP contribution in [0.25, 0.3) is 5.70 Å². The van der Waals surface area contributed by atoms with Gasteiger partial charge in [-0.1, -0.05) is 38.5 Å². The molecule has 1 unspecified atom stereocenters. The van der Waals surface area contributed by atoms with Crippen molar-refractivity contribution in [3.05, 3.63) is 54.0 Å². The molecule has 1 atom stereocenters. The molecule has 0 spiro atoms. The first-order valence-corrected chi connectivity index (χ1v) is 8.84. The summed E-state index contributed by atoms with van der Waals surface area (Å²) in [4.78, 5) is 6.23. The zero-order valence-electron chi connectivity index (χ0n) is 15.4. The Bertz CT molecular complexity index is 563. The quantitative estimate of drug-likeness (QED) is 0.375. The molecule has 2 nitrogen and oxygen atoms in total. The average molecular weight is 330 g/mol. The van der Waals surface area contributed by atoms with E-state index in [4.69, 9.17) is 0 Å². The van der Waals surface area contributed by atoms with E-state index in [9.17, 15) is 4.39 Å². The molecule has 0 aromatic heterocycles. The van der Waals surface area contributed by atoms with Gasteiger partial charge in [0.25, 0.3) is 0 Å². The number of benzene rings is 1. The lowest BCUT2D eigenvalue weighted by Crippen LogP contribution is -2.21. The first-order chi connectivity index (χ1) is 11.5. The molecule has 0 fully saturated rings. The monoisotopic (exact) mass is 330 g/mol. The van der Waals surface area contributed by atoms with Crippen molar-refractivity contribution in [1.82, 2.24) is 4.90 Å². The van der Waals surface area contributed by atoms with Crippen molar-refractivity contribution < 1.29 is 4.39 Å². The van der Waals surface area contributed by atoms with Gasteiger partial charge < -0.3 is 4.90 Å². The lowest BCUT2D eigenvalue weighted by molar-refractivity contribution is 0.323. The van der Waals surface area contributed by atoms with Crippen LogP contribution in [0.3, 0.4) is 0 Å². The molecule has 0 saturated carbocycles. The predicted molar refractivity (Wildman–Crippen MR) is 104 cm³/mol. The van der Waals surface area contributed by atoms with Gasteiger partial charge in [-0.15, -0.1) is 6.58 Å². The summed E-state index contributed by atoms with van der Waals surface area (Å²) in [5, 5.41) is 0. The fraction of sp³-hybridized carbons (Fsp3) is 0.476. The molecule has 0 aliphatic heterocycles. The van der Waals surface area contributed by atoms with Gasteiger partial charge >= 0.3 is 0 Å². The summed E-state index contributed by atoms with van der Waals surface area (Å²) in [6, 6.07) is 5.29. The van der Waals surface area contributed by atoms with E-state index in [1.807, 2.05) is 38.4 Å². The van der Waals surface area contributed by atoms with Crippen molar-refractivity contribution in [1.29, 1.82) is 0 Å². The summed E-state index contributed by atoms with van der Waals surface area (Å²) in [5.41, 5.74) is 2.20. The average Bonchev–Trinajstić information content (AvgIpc) is 2.57. The van der Waals surface area contributed by atoms with Crippen LogP contribution in [0, 0.1) is 11.7 Å². The second-order valence-electron chi connectivity index (χ2n) is 6.29. The Morgan fingerprint density at radius 2 is 2.08 bits per heavy atom. The molecular formula is C21H31FN2. The Morgan fingerprint density at radius 1 is 1.33 bits per heavy atom. The largest absolute Gasteiger partial charge is 0.378 e. The van der Waals surface area contributed by atoms with Crippen molar-refractivity contribution >= 4 is 12.4 Å². The van der Waals surface area contributed by atoms with Crippen molar-refractivity contribution in [2.24, 2.45) is 10.9 Å². The smallest absolute Gasteiger partial charge is 0.127 e. The van der Waals surface area contributed by atoms with Gasteiger partial charge in [-0.3, -0.25) is 4.99 Å². The van der Waals surface area contributed by atoms with Gasteiger partial charge in [0.15, 0.2) is 0 Å². The molecule has 0 saturated heterocycles. The standard InChI is InChI=1S/C21H31FN2/c1-6-9-11-17(10-7-2)15-24(5)16-21(23-4)19-13-12-18(8-3)20(22)14-19/h6,12-14,16-17H,1,4,7-11,15H2,2-3,5H3/b21-16-. The summed E-state index contributed by atoms with van der Waals surface area (Å²) in [5.74, 6) is 0.446. The van der Waals surface area contributed by atoms with Gasteiger partial charge in [0.2, 0.25) is 0 Å². The number of hydrogen-bond acceptors (Lipinski definition) is 2. The van der Waals surface area contributed by atoms with Gasteiger partial charge in [-0.05, 0) is 49.9 Å². The van der Waals surface area contributed by atoms with E-state index in [0.29, 0.717) is 18.0 Å².